The lowest BCUT2D eigenvalue weighted by Crippen LogP contribution is -2.54. The summed E-state index contributed by atoms with van der Waals surface area (Å²) in [5.74, 6) is -1.47. The van der Waals surface area contributed by atoms with Gasteiger partial charge in [-0.3, -0.25) is 9.59 Å². The first kappa shape index (κ1) is 15.7. The van der Waals surface area contributed by atoms with Gasteiger partial charge in [-0.2, -0.15) is 13.2 Å². The maximum absolute atomic E-state index is 13.1. The lowest BCUT2D eigenvalue weighted by Gasteiger charge is -2.33. The van der Waals surface area contributed by atoms with Gasteiger partial charge < -0.3 is 15.1 Å². The first-order chi connectivity index (χ1) is 8.62. The molecule has 1 heterocycles. The molecule has 0 saturated carbocycles. The number of rotatable bonds is 3. The van der Waals surface area contributed by atoms with E-state index in [9.17, 15) is 22.8 Å². The second-order valence-electron chi connectivity index (χ2n) is 4.96. The number of hydrogen-bond donors (Lipinski definition) is 1. The summed E-state index contributed by atoms with van der Waals surface area (Å²) in [4.78, 5) is 25.6. The van der Waals surface area contributed by atoms with Crippen LogP contribution in [0.1, 0.15) is 6.42 Å². The van der Waals surface area contributed by atoms with E-state index in [-0.39, 0.29) is 19.5 Å². The summed E-state index contributed by atoms with van der Waals surface area (Å²) in [7, 11) is 4.18. The third-order valence-corrected chi connectivity index (χ3v) is 3.33. The van der Waals surface area contributed by atoms with Gasteiger partial charge in [0.15, 0.2) is 5.41 Å². The van der Waals surface area contributed by atoms with Crippen molar-refractivity contribution in [3.63, 3.8) is 0 Å². The monoisotopic (exact) mass is 281 g/mol. The second-order valence-corrected chi connectivity index (χ2v) is 4.96. The van der Waals surface area contributed by atoms with Gasteiger partial charge in [0, 0.05) is 27.7 Å². The molecule has 110 valence electrons. The lowest BCUT2D eigenvalue weighted by molar-refractivity contribution is -0.221. The Kier molecular flexibility index (Phi) is 4.44. The molecule has 0 spiro atoms. The van der Waals surface area contributed by atoms with Crippen LogP contribution in [0.15, 0.2) is 0 Å². The summed E-state index contributed by atoms with van der Waals surface area (Å²) in [6, 6.07) is 0. The molecule has 1 fully saturated rings. The Hall–Kier alpha value is -1.31. The Morgan fingerprint density at radius 3 is 2.21 bits per heavy atom. The van der Waals surface area contributed by atoms with Crippen LogP contribution in [0.25, 0.3) is 0 Å². The average Bonchev–Trinajstić information content (AvgIpc) is 2.77. The molecule has 8 heteroatoms. The van der Waals surface area contributed by atoms with Crippen LogP contribution in [0.4, 0.5) is 13.2 Å². The van der Waals surface area contributed by atoms with Gasteiger partial charge in [0.2, 0.25) is 11.8 Å². The standard InChI is InChI=1S/C11H18F3N3O2/c1-16(2)8(18)6-17(3)9(19)10(11(12,13)14)4-5-15-7-10/h15H,4-7H2,1-3H3. The van der Waals surface area contributed by atoms with Crippen molar-refractivity contribution in [2.75, 3.05) is 40.8 Å². The summed E-state index contributed by atoms with van der Waals surface area (Å²) in [5, 5.41) is 2.57. The highest BCUT2D eigenvalue weighted by molar-refractivity contribution is 5.88. The Labute approximate surface area is 109 Å². The molecule has 1 atom stereocenters. The number of carbonyl (C=O) groups excluding carboxylic acids is 2. The molecule has 0 aromatic heterocycles. The van der Waals surface area contributed by atoms with Crippen LogP contribution < -0.4 is 5.32 Å². The van der Waals surface area contributed by atoms with E-state index in [1.165, 1.54) is 26.0 Å². The number of nitrogens with zero attached hydrogens (tertiary/aromatic N) is 2. The third kappa shape index (κ3) is 2.99. The number of halogens is 3. The van der Waals surface area contributed by atoms with Gasteiger partial charge in [-0.15, -0.1) is 0 Å². The van der Waals surface area contributed by atoms with Gasteiger partial charge in [-0.25, -0.2) is 0 Å². The highest BCUT2D eigenvalue weighted by Crippen LogP contribution is 2.44. The maximum Gasteiger partial charge on any atom is 0.404 e. The molecule has 1 saturated heterocycles. The molecular formula is C11H18F3N3O2. The van der Waals surface area contributed by atoms with Crippen molar-refractivity contribution >= 4 is 11.8 Å². The quantitative estimate of drug-likeness (QED) is 0.797. The van der Waals surface area contributed by atoms with Crippen LogP contribution >= 0.6 is 0 Å². The predicted octanol–water partition coefficient (Wildman–Crippen LogP) is 0.0750. The van der Waals surface area contributed by atoms with Gasteiger partial charge in [0.1, 0.15) is 0 Å². The van der Waals surface area contributed by atoms with Crippen molar-refractivity contribution < 1.29 is 22.8 Å². The molecule has 19 heavy (non-hydrogen) atoms. The first-order valence-corrected chi connectivity index (χ1v) is 5.85. The SMILES string of the molecule is CN(C)C(=O)CN(C)C(=O)C1(C(F)(F)F)CCNC1. The Morgan fingerprint density at radius 1 is 1.26 bits per heavy atom. The van der Waals surface area contributed by atoms with Crippen molar-refractivity contribution in [1.29, 1.82) is 0 Å². The van der Waals surface area contributed by atoms with E-state index in [0.717, 1.165) is 4.90 Å². The van der Waals surface area contributed by atoms with E-state index in [4.69, 9.17) is 0 Å². The van der Waals surface area contributed by atoms with Crippen molar-refractivity contribution in [2.45, 2.75) is 12.6 Å². The zero-order chi connectivity index (χ0) is 14.8. The summed E-state index contributed by atoms with van der Waals surface area (Å²) >= 11 is 0. The fraction of sp³-hybridized carbons (Fsp3) is 0.818. The van der Waals surface area contributed by atoms with Gasteiger partial charge in [0.25, 0.3) is 0 Å². The molecule has 1 aliphatic heterocycles. The molecule has 1 unspecified atom stereocenters. The molecule has 0 bridgehead atoms. The number of likely N-dealkylation sites (N-methyl/N-ethyl adjacent to an activating group) is 2. The summed E-state index contributed by atoms with van der Waals surface area (Å²) < 4.78 is 39.4. The minimum Gasteiger partial charge on any atom is -0.347 e. The van der Waals surface area contributed by atoms with E-state index < -0.39 is 30.0 Å². The fourth-order valence-electron chi connectivity index (χ4n) is 2.02. The van der Waals surface area contributed by atoms with E-state index in [0.29, 0.717) is 0 Å². The molecule has 1 N–H and O–H groups in total. The summed E-state index contributed by atoms with van der Waals surface area (Å²) in [6.45, 7) is -0.653. The van der Waals surface area contributed by atoms with E-state index in [2.05, 4.69) is 5.32 Å². The third-order valence-electron chi connectivity index (χ3n) is 3.33. The average molecular weight is 281 g/mol. The maximum atomic E-state index is 13.1. The van der Waals surface area contributed by atoms with Crippen LogP contribution in [-0.2, 0) is 9.59 Å². The Morgan fingerprint density at radius 2 is 1.84 bits per heavy atom. The molecule has 0 aromatic carbocycles. The van der Waals surface area contributed by atoms with E-state index in [1.807, 2.05) is 0 Å². The number of alkyl halides is 3. The first-order valence-electron chi connectivity index (χ1n) is 5.85. The van der Waals surface area contributed by atoms with Gasteiger partial charge in [-0.1, -0.05) is 0 Å². The molecule has 0 aromatic rings. The molecule has 1 rings (SSSR count). The highest BCUT2D eigenvalue weighted by atomic mass is 19.4. The Balaban J connectivity index is 2.87. The van der Waals surface area contributed by atoms with Gasteiger partial charge >= 0.3 is 6.18 Å². The predicted molar refractivity (Wildman–Crippen MR) is 62.3 cm³/mol. The van der Waals surface area contributed by atoms with Gasteiger partial charge in [0.05, 0.1) is 6.54 Å². The second kappa shape index (κ2) is 5.36. The highest BCUT2D eigenvalue weighted by Gasteiger charge is 2.62. The van der Waals surface area contributed by atoms with Crippen molar-refractivity contribution in [1.82, 2.24) is 15.1 Å². The smallest absolute Gasteiger partial charge is 0.347 e. The van der Waals surface area contributed by atoms with Gasteiger partial charge in [-0.05, 0) is 13.0 Å². The van der Waals surface area contributed by atoms with Crippen molar-refractivity contribution in [3.05, 3.63) is 0 Å². The van der Waals surface area contributed by atoms with E-state index in [1.54, 1.807) is 0 Å². The summed E-state index contributed by atoms with van der Waals surface area (Å²) in [5.41, 5.74) is -2.41. The largest absolute Gasteiger partial charge is 0.404 e. The number of nitrogens with one attached hydrogen (secondary N) is 1. The van der Waals surface area contributed by atoms with Crippen LogP contribution in [0.3, 0.4) is 0 Å². The zero-order valence-corrected chi connectivity index (χ0v) is 11.2. The fourth-order valence-corrected chi connectivity index (χ4v) is 2.02. The summed E-state index contributed by atoms with van der Waals surface area (Å²) in [6.07, 6.45) is -4.92. The molecule has 0 radical (unpaired) electrons. The van der Waals surface area contributed by atoms with Crippen molar-refractivity contribution in [3.8, 4) is 0 Å². The lowest BCUT2D eigenvalue weighted by atomic mass is 9.84. The van der Waals surface area contributed by atoms with E-state index >= 15 is 0 Å². The normalized spacial score (nSPS) is 23.3. The molecular weight excluding hydrogens is 263 g/mol. The van der Waals surface area contributed by atoms with Crippen LogP contribution in [0, 0.1) is 5.41 Å². The van der Waals surface area contributed by atoms with Crippen molar-refractivity contribution in [2.24, 2.45) is 5.41 Å². The molecule has 0 aliphatic carbocycles. The zero-order valence-electron chi connectivity index (χ0n) is 11.2. The van der Waals surface area contributed by atoms with Crippen LogP contribution in [0.5, 0.6) is 0 Å². The van der Waals surface area contributed by atoms with Crippen LogP contribution in [0.2, 0.25) is 0 Å². The molecule has 5 nitrogen and oxygen atoms in total. The number of carbonyl (C=O) groups is 2. The Bertz CT molecular complexity index is 363. The molecule has 1 aliphatic rings. The molecule has 2 amide bonds. The topological polar surface area (TPSA) is 52.7 Å². The van der Waals surface area contributed by atoms with Crippen LogP contribution in [-0.4, -0.2) is 68.6 Å². The number of amides is 2. The number of hydrogen-bond acceptors (Lipinski definition) is 3. The minimum atomic E-state index is -4.62. The minimum absolute atomic E-state index is 0.140.